The molecule has 0 N–H and O–H groups in total. The van der Waals surface area contributed by atoms with Gasteiger partial charge in [0, 0.05) is 48.2 Å². The fraction of sp³-hybridized carbons (Fsp3) is 0.133. The van der Waals surface area contributed by atoms with Gasteiger partial charge in [0.1, 0.15) is 0 Å². The number of ketones is 2. The van der Waals surface area contributed by atoms with Crippen molar-refractivity contribution in [1.29, 1.82) is 0 Å². The normalized spacial score (nSPS) is 11.7. The first-order valence-corrected chi connectivity index (χ1v) is 12.5. The second-order valence-corrected chi connectivity index (χ2v) is 9.56. The number of alkyl halides is 6. The summed E-state index contributed by atoms with van der Waals surface area (Å²) >= 11 is 0. The van der Waals surface area contributed by atoms with Crippen LogP contribution < -0.4 is 0 Å². The Kier molecular flexibility index (Phi) is 8.65. The maximum atomic E-state index is 14.1. The number of rotatable bonds is 9. The molecule has 0 atom stereocenters. The lowest BCUT2D eigenvalue weighted by Crippen LogP contribution is -2.13. The Bertz CT molecular complexity index is 1630. The number of benzene rings is 4. The molecule has 0 aromatic heterocycles. The third-order valence-electron chi connectivity index (χ3n) is 6.60. The van der Waals surface area contributed by atoms with Crippen molar-refractivity contribution in [3.05, 3.63) is 139 Å². The number of halogens is 6. The van der Waals surface area contributed by atoms with Gasteiger partial charge in [-0.15, -0.1) is 0 Å². The standard InChI is InChI=1S/C30H18F6N2O6/c31-29(32,33)25-13-17(15-27(39)19-3-7-21(8-4-19)37(41)42)1-11-23(25)24-12-2-18(14-26(24)30(34,35)36)16-28(40)20-5-9-22(10-6-20)38(43)44/h1-14H,15-16H2. The molecular weight excluding hydrogens is 598 g/mol. The van der Waals surface area contributed by atoms with Crippen LogP contribution in [0.2, 0.25) is 0 Å². The molecule has 0 saturated heterocycles. The fourth-order valence-corrected chi connectivity index (χ4v) is 4.45. The van der Waals surface area contributed by atoms with Gasteiger partial charge in [0.2, 0.25) is 0 Å². The van der Waals surface area contributed by atoms with Crippen molar-refractivity contribution < 1.29 is 45.8 Å². The number of hydrogen-bond donors (Lipinski definition) is 0. The van der Waals surface area contributed by atoms with E-state index in [9.17, 15) is 56.2 Å². The molecule has 0 aliphatic carbocycles. The summed E-state index contributed by atoms with van der Waals surface area (Å²) in [7, 11) is 0. The molecule has 0 unspecified atom stereocenters. The summed E-state index contributed by atoms with van der Waals surface area (Å²) in [5, 5.41) is 21.6. The van der Waals surface area contributed by atoms with Crippen molar-refractivity contribution in [3.8, 4) is 11.1 Å². The van der Waals surface area contributed by atoms with Gasteiger partial charge in [-0.05, 0) is 58.7 Å². The Morgan fingerprint density at radius 2 is 0.864 bits per heavy atom. The van der Waals surface area contributed by atoms with Crippen molar-refractivity contribution in [1.82, 2.24) is 0 Å². The molecule has 14 heteroatoms. The number of nitrogens with zero attached hydrogens (tertiary/aromatic N) is 2. The molecule has 0 saturated carbocycles. The van der Waals surface area contributed by atoms with E-state index in [1.807, 2.05) is 0 Å². The van der Waals surface area contributed by atoms with E-state index in [1.54, 1.807) is 0 Å². The molecule has 0 aliphatic heterocycles. The van der Waals surface area contributed by atoms with Crippen LogP contribution in [0.4, 0.5) is 37.7 Å². The third kappa shape index (κ3) is 7.14. The van der Waals surface area contributed by atoms with Crippen molar-refractivity contribution in [3.63, 3.8) is 0 Å². The molecule has 4 aromatic rings. The number of Topliss-reactive ketones (excluding diaryl/α,β-unsaturated/α-hetero) is 2. The quantitative estimate of drug-likeness (QED) is 0.0812. The van der Waals surface area contributed by atoms with Gasteiger partial charge in [-0.25, -0.2) is 0 Å². The van der Waals surface area contributed by atoms with Crippen molar-refractivity contribution >= 4 is 22.9 Å². The van der Waals surface area contributed by atoms with E-state index in [0.29, 0.717) is 12.1 Å². The van der Waals surface area contributed by atoms with E-state index in [2.05, 4.69) is 0 Å². The minimum Gasteiger partial charge on any atom is -0.294 e. The average Bonchev–Trinajstić information content (AvgIpc) is 2.96. The minimum atomic E-state index is -5.12. The highest BCUT2D eigenvalue weighted by Crippen LogP contribution is 2.43. The van der Waals surface area contributed by atoms with Crippen LogP contribution in [-0.2, 0) is 25.2 Å². The molecule has 4 aromatic carbocycles. The molecule has 0 fully saturated rings. The van der Waals surface area contributed by atoms with Crippen LogP contribution in [-0.4, -0.2) is 21.4 Å². The van der Waals surface area contributed by atoms with Gasteiger partial charge in [0.25, 0.3) is 11.4 Å². The Hall–Kier alpha value is -5.40. The van der Waals surface area contributed by atoms with Gasteiger partial charge >= 0.3 is 12.4 Å². The van der Waals surface area contributed by atoms with E-state index < -0.39 is 68.9 Å². The largest absolute Gasteiger partial charge is 0.417 e. The maximum absolute atomic E-state index is 14.1. The van der Waals surface area contributed by atoms with Crippen LogP contribution in [0.25, 0.3) is 11.1 Å². The molecule has 226 valence electrons. The predicted octanol–water partition coefficient (Wildman–Crippen LogP) is 8.06. The second kappa shape index (κ2) is 12.1. The monoisotopic (exact) mass is 616 g/mol. The van der Waals surface area contributed by atoms with Crippen LogP contribution in [0.15, 0.2) is 84.9 Å². The molecule has 0 aliphatic rings. The van der Waals surface area contributed by atoms with Crippen molar-refractivity contribution in [2.75, 3.05) is 0 Å². The fourth-order valence-electron chi connectivity index (χ4n) is 4.45. The van der Waals surface area contributed by atoms with Gasteiger partial charge in [-0.2, -0.15) is 26.3 Å². The lowest BCUT2D eigenvalue weighted by molar-refractivity contribution is -0.385. The Morgan fingerprint density at radius 3 is 1.14 bits per heavy atom. The Morgan fingerprint density at radius 1 is 0.545 bits per heavy atom. The zero-order valence-electron chi connectivity index (χ0n) is 22.1. The van der Waals surface area contributed by atoms with Gasteiger partial charge in [0.05, 0.1) is 21.0 Å². The van der Waals surface area contributed by atoms with Gasteiger partial charge < -0.3 is 0 Å². The summed E-state index contributed by atoms with van der Waals surface area (Å²) in [6.07, 6.45) is -11.3. The predicted molar refractivity (Wildman–Crippen MR) is 144 cm³/mol. The van der Waals surface area contributed by atoms with Gasteiger partial charge in [0.15, 0.2) is 11.6 Å². The highest BCUT2D eigenvalue weighted by Gasteiger charge is 2.39. The van der Waals surface area contributed by atoms with Crippen LogP contribution in [0.5, 0.6) is 0 Å². The van der Waals surface area contributed by atoms with E-state index in [1.165, 1.54) is 0 Å². The summed E-state index contributed by atoms with van der Waals surface area (Å²) in [5.41, 5.74) is -5.36. The average molecular weight is 616 g/mol. The zero-order chi connectivity index (χ0) is 32.4. The first-order chi connectivity index (χ1) is 20.5. The lowest BCUT2D eigenvalue weighted by atomic mass is 9.90. The highest BCUT2D eigenvalue weighted by atomic mass is 19.4. The number of non-ortho nitro benzene ring substituents is 2. The first-order valence-electron chi connectivity index (χ1n) is 12.5. The summed E-state index contributed by atoms with van der Waals surface area (Å²) in [6, 6.07) is 13.8. The van der Waals surface area contributed by atoms with Gasteiger partial charge in [-0.1, -0.05) is 24.3 Å². The smallest absolute Gasteiger partial charge is 0.294 e. The van der Waals surface area contributed by atoms with E-state index in [0.717, 1.165) is 72.8 Å². The number of nitro groups is 2. The summed E-state index contributed by atoms with van der Waals surface area (Å²) in [6.45, 7) is 0. The number of carbonyl (C=O) groups is 2. The highest BCUT2D eigenvalue weighted by molar-refractivity contribution is 5.98. The maximum Gasteiger partial charge on any atom is 0.417 e. The molecule has 0 heterocycles. The van der Waals surface area contributed by atoms with Gasteiger partial charge in [-0.3, -0.25) is 29.8 Å². The topological polar surface area (TPSA) is 120 Å². The molecule has 8 nitrogen and oxygen atoms in total. The van der Waals surface area contributed by atoms with Crippen LogP contribution >= 0.6 is 0 Å². The second-order valence-electron chi connectivity index (χ2n) is 9.56. The van der Waals surface area contributed by atoms with Crippen LogP contribution in [0.3, 0.4) is 0 Å². The summed E-state index contributed by atoms with van der Waals surface area (Å²) in [4.78, 5) is 45.4. The van der Waals surface area contributed by atoms with E-state index in [-0.39, 0.29) is 33.6 Å². The molecular formula is C30H18F6N2O6. The lowest BCUT2D eigenvalue weighted by Gasteiger charge is -2.19. The van der Waals surface area contributed by atoms with Crippen LogP contribution in [0.1, 0.15) is 43.0 Å². The Balaban J connectivity index is 1.67. The zero-order valence-corrected chi connectivity index (χ0v) is 22.1. The summed E-state index contributed by atoms with van der Waals surface area (Å²) in [5.74, 6) is -1.34. The number of carbonyl (C=O) groups excluding carboxylic acids is 2. The van der Waals surface area contributed by atoms with E-state index in [4.69, 9.17) is 0 Å². The Labute approximate surface area is 243 Å². The first kappa shape index (κ1) is 31.5. The minimum absolute atomic E-state index is 0.00791. The molecule has 0 radical (unpaired) electrons. The third-order valence-corrected chi connectivity index (χ3v) is 6.60. The van der Waals surface area contributed by atoms with E-state index >= 15 is 0 Å². The number of nitro benzene ring substituents is 2. The molecule has 4 rings (SSSR count). The molecule has 0 amide bonds. The summed E-state index contributed by atoms with van der Waals surface area (Å²) < 4.78 is 84.7. The molecule has 0 bridgehead atoms. The molecule has 0 spiro atoms. The SMILES string of the molecule is O=C(Cc1ccc(-c2ccc(CC(=O)c3ccc([N+](=O)[O-])cc3)cc2C(F)(F)F)c(C(F)(F)F)c1)c1ccc([N+](=O)[O-])cc1. The van der Waals surface area contributed by atoms with Crippen molar-refractivity contribution in [2.45, 2.75) is 25.2 Å². The number of hydrogen-bond acceptors (Lipinski definition) is 6. The van der Waals surface area contributed by atoms with Crippen LogP contribution in [0, 0.1) is 20.2 Å². The van der Waals surface area contributed by atoms with Crippen molar-refractivity contribution in [2.24, 2.45) is 0 Å². The molecule has 44 heavy (non-hydrogen) atoms.